The molecular formula is C18H24N2S. The van der Waals surface area contributed by atoms with Gasteiger partial charge in [-0.1, -0.05) is 49.2 Å². The van der Waals surface area contributed by atoms with Gasteiger partial charge in [-0.2, -0.15) is 0 Å². The van der Waals surface area contributed by atoms with E-state index in [-0.39, 0.29) is 5.41 Å². The summed E-state index contributed by atoms with van der Waals surface area (Å²) >= 11 is 1.84. The lowest BCUT2D eigenvalue weighted by Crippen LogP contribution is -2.50. The minimum Gasteiger partial charge on any atom is -0.271 e. The highest BCUT2D eigenvalue weighted by molar-refractivity contribution is 7.09. The summed E-state index contributed by atoms with van der Waals surface area (Å²) in [4.78, 5) is 1.46. The van der Waals surface area contributed by atoms with Gasteiger partial charge < -0.3 is 0 Å². The fourth-order valence-electron chi connectivity index (χ4n) is 3.87. The van der Waals surface area contributed by atoms with Crippen LogP contribution in [0.4, 0.5) is 0 Å². The van der Waals surface area contributed by atoms with Gasteiger partial charge in [-0.3, -0.25) is 11.3 Å². The van der Waals surface area contributed by atoms with E-state index in [1.165, 1.54) is 36.1 Å². The van der Waals surface area contributed by atoms with Crippen LogP contribution in [0.25, 0.3) is 0 Å². The summed E-state index contributed by atoms with van der Waals surface area (Å²) in [6, 6.07) is 15.7. The van der Waals surface area contributed by atoms with Crippen molar-refractivity contribution in [3.05, 3.63) is 58.3 Å². The van der Waals surface area contributed by atoms with Crippen molar-refractivity contribution < 1.29 is 0 Å². The van der Waals surface area contributed by atoms with E-state index in [9.17, 15) is 0 Å². The quantitative estimate of drug-likeness (QED) is 0.624. The van der Waals surface area contributed by atoms with E-state index in [0.29, 0.717) is 6.04 Å². The first-order valence-corrected chi connectivity index (χ1v) is 8.77. The van der Waals surface area contributed by atoms with Gasteiger partial charge in [-0.05, 0) is 42.7 Å². The third kappa shape index (κ3) is 3.05. The van der Waals surface area contributed by atoms with Crippen LogP contribution >= 0.6 is 11.3 Å². The number of aryl methyl sites for hydroxylation is 1. The van der Waals surface area contributed by atoms with E-state index in [0.717, 1.165) is 12.8 Å². The molecule has 1 aliphatic rings. The monoisotopic (exact) mass is 300 g/mol. The maximum Gasteiger partial charge on any atom is 0.0310 e. The maximum atomic E-state index is 5.97. The molecule has 2 nitrogen and oxygen atoms in total. The molecule has 1 fully saturated rings. The molecule has 2 aromatic rings. The molecule has 112 valence electrons. The minimum absolute atomic E-state index is 0.216. The molecule has 1 unspecified atom stereocenters. The van der Waals surface area contributed by atoms with Crippen molar-refractivity contribution in [1.82, 2.24) is 5.43 Å². The Morgan fingerprint density at radius 3 is 2.48 bits per heavy atom. The van der Waals surface area contributed by atoms with Gasteiger partial charge in [0.25, 0.3) is 0 Å². The summed E-state index contributed by atoms with van der Waals surface area (Å²) in [5.74, 6) is 5.97. The molecule has 0 amide bonds. The van der Waals surface area contributed by atoms with E-state index in [1.807, 2.05) is 11.3 Å². The molecule has 0 aliphatic heterocycles. The van der Waals surface area contributed by atoms with Crippen LogP contribution in [-0.2, 0) is 11.8 Å². The van der Waals surface area contributed by atoms with Gasteiger partial charge in [-0.25, -0.2) is 0 Å². The molecule has 0 radical (unpaired) electrons. The van der Waals surface area contributed by atoms with Crippen LogP contribution < -0.4 is 11.3 Å². The second kappa shape index (κ2) is 6.73. The number of hydrogen-bond donors (Lipinski definition) is 2. The van der Waals surface area contributed by atoms with Gasteiger partial charge >= 0.3 is 0 Å². The lowest BCUT2D eigenvalue weighted by atomic mass is 9.71. The molecule has 1 atom stereocenters. The van der Waals surface area contributed by atoms with Gasteiger partial charge in [0.1, 0.15) is 0 Å². The molecule has 3 rings (SSSR count). The molecule has 3 heteroatoms. The number of hydrogen-bond acceptors (Lipinski definition) is 3. The number of benzene rings is 1. The highest BCUT2D eigenvalue weighted by Gasteiger charge is 2.41. The third-order valence-electron chi connectivity index (χ3n) is 4.97. The Kier molecular flexibility index (Phi) is 4.73. The molecule has 21 heavy (non-hydrogen) atoms. The molecule has 1 saturated carbocycles. The molecule has 1 aromatic carbocycles. The van der Waals surface area contributed by atoms with Crippen molar-refractivity contribution in [3.8, 4) is 0 Å². The zero-order valence-corrected chi connectivity index (χ0v) is 13.2. The van der Waals surface area contributed by atoms with Crippen molar-refractivity contribution in [2.75, 3.05) is 0 Å². The Balaban J connectivity index is 1.81. The molecule has 0 bridgehead atoms. The second-order valence-corrected chi connectivity index (χ2v) is 7.10. The molecular weight excluding hydrogens is 276 g/mol. The minimum atomic E-state index is 0.216. The van der Waals surface area contributed by atoms with Crippen LogP contribution in [0.5, 0.6) is 0 Å². The summed E-state index contributed by atoms with van der Waals surface area (Å²) in [7, 11) is 0. The van der Waals surface area contributed by atoms with Crippen LogP contribution in [-0.4, -0.2) is 6.04 Å². The molecule has 0 spiro atoms. The molecule has 1 aliphatic carbocycles. The molecule has 3 N–H and O–H groups in total. The average molecular weight is 300 g/mol. The Bertz CT molecular complexity index is 530. The number of nitrogens with two attached hydrogens (primary N) is 1. The summed E-state index contributed by atoms with van der Waals surface area (Å²) in [6.07, 6.45) is 7.33. The topological polar surface area (TPSA) is 38.0 Å². The highest BCUT2D eigenvalue weighted by Crippen LogP contribution is 2.44. The number of thiophene rings is 1. The number of hydrazine groups is 1. The van der Waals surface area contributed by atoms with Gasteiger partial charge in [0, 0.05) is 16.3 Å². The van der Waals surface area contributed by atoms with Gasteiger partial charge in [0.2, 0.25) is 0 Å². The first-order valence-electron chi connectivity index (χ1n) is 7.89. The standard InChI is InChI=1S/C18H24N2S/c19-20-17(11-10-16-9-6-14-21-16)18(12-4-5-13-18)15-7-2-1-3-8-15/h1-3,6-9,14,17,20H,4-5,10-13,19H2. The zero-order chi connectivity index (χ0) is 14.5. The largest absolute Gasteiger partial charge is 0.271 e. The Labute approximate surface area is 131 Å². The predicted octanol–water partition coefficient (Wildman–Crippen LogP) is 4.02. The first-order chi connectivity index (χ1) is 10.3. The summed E-state index contributed by atoms with van der Waals surface area (Å²) < 4.78 is 0. The van der Waals surface area contributed by atoms with Crippen LogP contribution in [0.15, 0.2) is 47.8 Å². The van der Waals surface area contributed by atoms with E-state index < -0.39 is 0 Å². The van der Waals surface area contributed by atoms with E-state index >= 15 is 0 Å². The maximum absolute atomic E-state index is 5.97. The summed E-state index contributed by atoms with van der Waals surface area (Å²) in [6.45, 7) is 0. The summed E-state index contributed by atoms with van der Waals surface area (Å²) in [5.41, 5.74) is 4.82. The smallest absolute Gasteiger partial charge is 0.0310 e. The Morgan fingerprint density at radius 1 is 1.10 bits per heavy atom. The lowest BCUT2D eigenvalue weighted by molar-refractivity contribution is 0.284. The highest BCUT2D eigenvalue weighted by atomic mass is 32.1. The predicted molar refractivity (Wildman–Crippen MR) is 90.3 cm³/mol. The Hall–Kier alpha value is -1.16. The fourth-order valence-corrected chi connectivity index (χ4v) is 4.60. The summed E-state index contributed by atoms with van der Waals surface area (Å²) in [5, 5.41) is 2.16. The zero-order valence-electron chi connectivity index (χ0n) is 12.4. The van der Waals surface area contributed by atoms with Gasteiger partial charge in [0.05, 0.1) is 0 Å². The molecule has 1 heterocycles. The van der Waals surface area contributed by atoms with E-state index in [2.05, 4.69) is 53.3 Å². The van der Waals surface area contributed by atoms with Crippen molar-refractivity contribution in [2.45, 2.75) is 50.0 Å². The first kappa shape index (κ1) is 14.8. The van der Waals surface area contributed by atoms with Crippen LogP contribution in [0.3, 0.4) is 0 Å². The number of nitrogens with one attached hydrogen (secondary N) is 1. The lowest BCUT2D eigenvalue weighted by Gasteiger charge is -2.38. The van der Waals surface area contributed by atoms with E-state index in [1.54, 1.807) is 0 Å². The van der Waals surface area contributed by atoms with Gasteiger partial charge in [0.15, 0.2) is 0 Å². The van der Waals surface area contributed by atoms with Crippen molar-refractivity contribution in [1.29, 1.82) is 0 Å². The fraction of sp³-hybridized carbons (Fsp3) is 0.444. The SMILES string of the molecule is NNC(CCc1cccs1)C1(c2ccccc2)CCCC1. The number of rotatable bonds is 6. The molecule has 1 aromatic heterocycles. The normalized spacial score (nSPS) is 18.7. The van der Waals surface area contributed by atoms with Crippen LogP contribution in [0, 0.1) is 0 Å². The average Bonchev–Trinajstić information content (AvgIpc) is 3.21. The second-order valence-electron chi connectivity index (χ2n) is 6.07. The van der Waals surface area contributed by atoms with Crippen LogP contribution in [0.1, 0.15) is 42.5 Å². The van der Waals surface area contributed by atoms with Crippen molar-refractivity contribution >= 4 is 11.3 Å². The van der Waals surface area contributed by atoms with E-state index in [4.69, 9.17) is 5.84 Å². The van der Waals surface area contributed by atoms with Crippen molar-refractivity contribution in [2.24, 2.45) is 5.84 Å². The van der Waals surface area contributed by atoms with Crippen molar-refractivity contribution in [3.63, 3.8) is 0 Å². The Morgan fingerprint density at radius 2 is 1.86 bits per heavy atom. The van der Waals surface area contributed by atoms with Gasteiger partial charge in [-0.15, -0.1) is 11.3 Å². The van der Waals surface area contributed by atoms with Crippen LogP contribution in [0.2, 0.25) is 0 Å². The molecule has 0 saturated heterocycles. The third-order valence-corrected chi connectivity index (χ3v) is 5.91.